The zero-order chi connectivity index (χ0) is 14.1. The van der Waals surface area contributed by atoms with Gasteiger partial charge in [0.15, 0.2) is 0 Å². The summed E-state index contributed by atoms with van der Waals surface area (Å²) in [4.78, 5) is 4.11. The summed E-state index contributed by atoms with van der Waals surface area (Å²) in [5.74, 6) is 0. The fourth-order valence-corrected chi connectivity index (χ4v) is 2.92. The van der Waals surface area contributed by atoms with E-state index in [2.05, 4.69) is 20.9 Å². The van der Waals surface area contributed by atoms with Crippen molar-refractivity contribution in [3.05, 3.63) is 75.5 Å². The van der Waals surface area contributed by atoms with E-state index in [0.29, 0.717) is 5.02 Å². The van der Waals surface area contributed by atoms with Crippen LogP contribution in [0.1, 0.15) is 17.2 Å². The molecule has 20 heavy (non-hydrogen) atoms. The summed E-state index contributed by atoms with van der Waals surface area (Å²) in [6.07, 6.45) is 2.78. The molecular formula is C16H11BrClNO. The van der Waals surface area contributed by atoms with E-state index in [1.807, 2.05) is 30.3 Å². The molecule has 2 nitrogen and oxygen atoms in total. The summed E-state index contributed by atoms with van der Waals surface area (Å²) >= 11 is 9.49. The lowest BCUT2D eigenvalue weighted by molar-refractivity contribution is 0.221. The molecule has 0 fully saturated rings. The van der Waals surface area contributed by atoms with Gasteiger partial charge in [0.05, 0.1) is 0 Å². The normalized spacial score (nSPS) is 12.6. The Kier molecular flexibility index (Phi) is 3.74. The molecule has 3 aromatic rings. The van der Waals surface area contributed by atoms with Gasteiger partial charge in [-0.05, 0) is 35.2 Å². The van der Waals surface area contributed by atoms with E-state index in [-0.39, 0.29) is 0 Å². The fourth-order valence-electron chi connectivity index (χ4n) is 2.28. The first-order chi connectivity index (χ1) is 9.66. The van der Waals surface area contributed by atoms with E-state index in [1.54, 1.807) is 24.5 Å². The Morgan fingerprint density at radius 1 is 1.10 bits per heavy atom. The molecule has 1 aromatic heterocycles. The van der Waals surface area contributed by atoms with E-state index >= 15 is 0 Å². The molecule has 0 aliphatic rings. The molecule has 0 aliphatic heterocycles. The van der Waals surface area contributed by atoms with Crippen molar-refractivity contribution in [2.24, 2.45) is 0 Å². The fraction of sp³-hybridized carbons (Fsp3) is 0.0625. The van der Waals surface area contributed by atoms with Crippen LogP contribution in [0.4, 0.5) is 0 Å². The van der Waals surface area contributed by atoms with Gasteiger partial charge >= 0.3 is 0 Å². The number of aromatic nitrogens is 1. The third kappa shape index (κ3) is 2.44. The van der Waals surface area contributed by atoms with E-state index in [9.17, 15) is 5.11 Å². The SMILES string of the molecule is OC(c1cc(Cl)ccc1Br)c1cccc2cnccc12. The second kappa shape index (κ2) is 5.52. The van der Waals surface area contributed by atoms with Gasteiger partial charge < -0.3 is 5.11 Å². The molecule has 0 aliphatic carbocycles. The lowest BCUT2D eigenvalue weighted by Gasteiger charge is -2.16. The highest BCUT2D eigenvalue weighted by Gasteiger charge is 2.16. The van der Waals surface area contributed by atoms with Crippen LogP contribution in [-0.4, -0.2) is 10.1 Å². The van der Waals surface area contributed by atoms with Crippen molar-refractivity contribution >= 4 is 38.3 Å². The van der Waals surface area contributed by atoms with E-state index < -0.39 is 6.10 Å². The van der Waals surface area contributed by atoms with Crippen molar-refractivity contribution < 1.29 is 5.11 Å². The van der Waals surface area contributed by atoms with Gasteiger partial charge in [-0.1, -0.05) is 45.7 Å². The number of pyridine rings is 1. The Labute approximate surface area is 130 Å². The molecule has 0 amide bonds. The highest BCUT2D eigenvalue weighted by Crippen LogP contribution is 2.33. The average molecular weight is 349 g/mol. The Morgan fingerprint density at radius 3 is 2.80 bits per heavy atom. The summed E-state index contributed by atoms with van der Waals surface area (Å²) in [6, 6.07) is 13.1. The molecule has 0 saturated carbocycles. The molecule has 1 heterocycles. The van der Waals surface area contributed by atoms with E-state index in [0.717, 1.165) is 26.4 Å². The standard InChI is InChI=1S/C16H11BrClNO/c17-15-5-4-11(18)8-14(15)16(20)13-3-1-2-10-9-19-7-6-12(10)13/h1-9,16,20H. The number of aliphatic hydroxyl groups excluding tert-OH is 1. The van der Waals surface area contributed by atoms with Gasteiger partial charge in [0, 0.05) is 32.8 Å². The van der Waals surface area contributed by atoms with E-state index in [4.69, 9.17) is 11.6 Å². The van der Waals surface area contributed by atoms with Crippen LogP contribution in [0.2, 0.25) is 5.02 Å². The summed E-state index contributed by atoms with van der Waals surface area (Å²) < 4.78 is 0.834. The molecule has 0 radical (unpaired) electrons. The van der Waals surface area contributed by atoms with Crippen molar-refractivity contribution in [3.8, 4) is 0 Å². The Bertz CT molecular complexity index is 770. The second-order valence-electron chi connectivity index (χ2n) is 4.51. The highest BCUT2D eigenvalue weighted by molar-refractivity contribution is 9.10. The molecular weight excluding hydrogens is 338 g/mol. The maximum Gasteiger partial charge on any atom is 0.106 e. The topological polar surface area (TPSA) is 33.1 Å². The number of hydrogen-bond acceptors (Lipinski definition) is 2. The van der Waals surface area contributed by atoms with Gasteiger partial charge in [0.25, 0.3) is 0 Å². The highest BCUT2D eigenvalue weighted by atomic mass is 79.9. The van der Waals surface area contributed by atoms with Gasteiger partial charge in [0.2, 0.25) is 0 Å². The van der Waals surface area contributed by atoms with Crippen molar-refractivity contribution in [2.75, 3.05) is 0 Å². The minimum atomic E-state index is -0.742. The first-order valence-corrected chi connectivity index (χ1v) is 7.29. The number of aliphatic hydroxyl groups is 1. The van der Waals surface area contributed by atoms with Gasteiger partial charge in [-0.25, -0.2) is 0 Å². The summed E-state index contributed by atoms with van der Waals surface area (Å²) in [7, 11) is 0. The predicted molar refractivity (Wildman–Crippen MR) is 85.0 cm³/mol. The van der Waals surface area contributed by atoms with Gasteiger partial charge in [0.1, 0.15) is 6.10 Å². The number of nitrogens with zero attached hydrogens (tertiary/aromatic N) is 1. The third-order valence-corrected chi connectivity index (χ3v) is 4.22. The predicted octanol–water partition coefficient (Wildman–Crippen LogP) is 4.73. The largest absolute Gasteiger partial charge is 0.384 e. The van der Waals surface area contributed by atoms with Crippen LogP contribution >= 0.6 is 27.5 Å². The lowest BCUT2D eigenvalue weighted by atomic mass is 9.97. The lowest BCUT2D eigenvalue weighted by Crippen LogP contribution is -2.01. The second-order valence-corrected chi connectivity index (χ2v) is 5.80. The molecule has 1 N–H and O–H groups in total. The summed E-state index contributed by atoms with van der Waals surface area (Å²) in [5.41, 5.74) is 1.59. The molecule has 3 rings (SSSR count). The van der Waals surface area contributed by atoms with Crippen LogP contribution in [0, 0.1) is 0 Å². The number of hydrogen-bond donors (Lipinski definition) is 1. The first-order valence-electron chi connectivity index (χ1n) is 6.12. The van der Waals surface area contributed by atoms with Gasteiger partial charge in [-0.3, -0.25) is 4.98 Å². The molecule has 100 valence electrons. The molecule has 1 unspecified atom stereocenters. The Balaban J connectivity index is 2.17. The zero-order valence-electron chi connectivity index (χ0n) is 10.4. The molecule has 0 saturated heterocycles. The Morgan fingerprint density at radius 2 is 1.95 bits per heavy atom. The zero-order valence-corrected chi connectivity index (χ0v) is 12.8. The van der Waals surface area contributed by atoms with Crippen LogP contribution in [0.15, 0.2) is 59.3 Å². The van der Waals surface area contributed by atoms with Crippen LogP contribution in [-0.2, 0) is 0 Å². The molecule has 0 bridgehead atoms. The first kappa shape index (κ1) is 13.6. The van der Waals surface area contributed by atoms with Gasteiger partial charge in [-0.2, -0.15) is 0 Å². The minimum Gasteiger partial charge on any atom is -0.384 e. The maximum absolute atomic E-state index is 10.7. The number of benzene rings is 2. The minimum absolute atomic E-state index is 0.601. The molecule has 2 aromatic carbocycles. The quantitative estimate of drug-likeness (QED) is 0.726. The molecule has 0 spiro atoms. The third-order valence-electron chi connectivity index (χ3n) is 3.26. The summed E-state index contributed by atoms with van der Waals surface area (Å²) in [6.45, 7) is 0. The smallest absolute Gasteiger partial charge is 0.106 e. The average Bonchev–Trinajstić information content (AvgIpc) is 2.48. The summed E-state index contributed by atoms with van der Waals surface area (Å²) in [5, 5.41) is 13.3. The van der Waals surface area contributed by atoms with Crippen molar-refractivity contribution in [2.45, 2.75) is 6.10 Å². The number of halogens is 2. The van der Waals surface area contributed by atoms with Gasteiger partial charge in [-0.15, -0.1) is 0 Å². The van der Waals surface area contributed by atoms with Crippen molar-refractivity contribution in [3.63, 3.8) is 0 Å². The van der Waals surface area contributed by atoms with Crippen molar-refractivity contribution in [1.29, 1.82) is 0 Å². The maximum atomic E-state index is 10.7. The van der Waals surface area contributed by atoms with Crippen LogP contribution in [0.25, 0.3) is 10.8 Å². The number of rotatable bonds is 2. The van der Waals surface area contributed by atoms with Crippen LogP contribution in [0.5, 0.6) is 0 Å². The monoisotopic (exact) mass is 347 g/mol. The van der Waals surface area contributed by atoms with Crippen molar-refractivity contribution in [1.82, 2.24) is 4.98 Å². The molecule has 1 atom stereocenters. The van der Waals surface area contributed by atoms with Crippen LogP contribution in [0.3, 0.4) is 0 Å². The Hall–Kier alpha value is -1.42. The van der Waals surface area contributed by atoms with E-state index in [1.165, 1.54) is 0 Å². The van der Waals surface area contributed by atoms with Crippen LogP contribution < -0.4 is 0 Å². The molecule has 4 heteroatoms. The number of fused-ring (bicyclic) bond motifs is 1.